The van der Waals surface area contributed by atoms with E-state index in [9.17, 15) is 0 Å². The lowest BCUT2D eigenvalue weighted by Crippen LogP contribution is -2.33. The lowest BCUT2D eigenvalue weighted by atomic mass is 10.1. The third-order valence-corrected chi connectivity index (χ3v) is 3.54. The summed E-state index contributed by atoms with van der Waals surface area (Å²) in [6.45, 7) is 6.44. The van der Waals surface area contributed by atoms with Gasteiger partial charge >= 0.3 is 0 Å². The second-order valence-corrected chi connectivity index (χ2v) is 4.93. The van der Waals surface area contributed by atoms with E-state index in [0.29, 0.717) is 0 Å². The van der Waals surface area contributed by atoms with E-state index in [4.69, 9.17) is 14.2 Å². The van der Waals surface area contributed by atoms with E-state index in [1.54, 1.807) is 0 Å². The van der Waals surface area contributed by atoms with Gasteiger partial charge in [0, 0.05) is 19.5 Å². The normalized spacial score (nSPS) is 19.2. The first-order valence-electron chi connectivity index (χ1n) is 7.04. The topological polar surface area (TPSA) is 60.2 Å². The minimum absolute atomic E-state index is 0.0222. The summed E-state index contributed by atoms with van der Waals surface area (Å²) >= 11 is 0. The molecule has 1 N–H and O–H groups in total. The standard InChI is InChI=1S/C15H19N3O2/c1-3-13-15(10(2)18-20-13)12-6-4-5-11(17-12)14-9-16-7-8-19-14/h4-6,14,16H,3,7-9H2,1-2H3. The van der Waals surface area contributed by atoms with Gasteiger partial charge in [0.2, 0.25) is 0 Å². The van der Waals surface area contributed by atoms with Crippen molar-refractivity contribution in [3.8, 4) is 11.3 Å². The number of aryl methyl sites for hydroxylation is 2. The number of nitrogens with zero attached hydrogens (tertiary/aromatic N) is 2. The summed E-state index contributed by atoms with van der Waals surface area (Å²) < 4.78 is 11.1. The van der Waals surface area contributed by atoms with E-state index in [1.165, 1.54) is 0 Å². The van der Waals surface area contributed by atoms with Crippen LogP contribution in [-0.4, -0.2) is 29.8 Å². The van der Waals surface area contributed by atoms with E-state index in [0.717, 1.165) is 54.5 Å². The molecule has 2 aromatic heterocycles. The zero-order valence-corrected chi connectivity index (χ0v) is 11.8. The van der Waals surface area contributed by atoms with Gasteiger partial charge in [-0.2, -0.15) is 0 Å². The summed E-state index contributed by atoms with van der Waals surface area (Å²) in [6, 6.07) is 6.02. The molecule has 20 heavy (non-hydrogen) atoms. The number of aromatic nitrogens is 2. The molecular weight excluding hydrogens is 254 g/mol. The Hall–Kier alpha value is -1.72. The molecule has 5 nitrogen and oxygen atoms in total. The van der Waals surface area contributed by atoms with Crippen molar-refractivity contribution < 1.29 is 9.26 Å². The van der Waals surface area contributed by atoms with Crippen LogP contribution in [0.3, 0.4) is 0 Å². The maximum Gasteiger partial charge on any atom is 0.146 e. The van der Waals surface area contributed by atoms with Gasteiger partial charge in [-0.15, -0.1) is 0 Å². The van der Waals surface area contributed by atoms with Gasteiger partial charge in [-0.05, 0) is 19.1 Å². The SMILES string of the molecule is CCc1onc(C)c1-c1cccc(C2CNCCO2)n1. The van der Waals surface area contributed by atoms with E-state index in [-0.39, 0.29) is 6.10 Å². The maximum absolute atomic E-state index is 5.76. The molecule has 1 atom stereocenters. The lowest BCUT2D eigenvalue weighted by Gasteiger charge is -2.23. The Morgan fingerprint density at radius 1 is 1.40 bits per heavy atom. The molecule has 0 aliphatic carbocycles. The number of pyridine rings is 1. The van der Waals surface area contributed by atoms with Crippen LogP contribution in [0.1, 0.15) is 30.2 Å². The van der Waals surface area contributed by atoms with Gasteiger partial charge < -0.3 is 14.6 Å². The molecule has 0 saturated carbocycles. The first-order chi connectivity index (χ1) is 9.79. The predicted octanol–water partition coefficient (Wildman–Crippen LogP) is 2.27. The van der Waals surface area contributed by atoms with E-state index >= 15 is 0 Å². The average molecular weight is 273 g/mol. The van der Waals surface area contributed by atoms with Crippen LogP contribution in [-0.2, 0) is 11.2 Å². The fraction of sp³-hybridized carbons (Fsp3) is 0.467. The Balaban J connectivity index is 1.96. The smallest absolute Gasteiger partial charge is 0.146 e. The average Bonchev–Trinajstić information content (AvgIpc) is 2.89. The molecular formula is C15H19N3O2. The largest absolute Gasteiger partial charge is 0.369 e. The van der Waals surface area contributed by atoms with Crippen LogP contribution in [0.5, 0.6) is 0 Å². The van der Waals surface area contributed by atoms with E-state index in [2.05, 4.69) is 17.4 Å². The van der Waals surface area contributed by atoms with Crippen LogP contribution in [0.25, 0.3) is 11.3 Å². The van der Waals surface area contributed by atoms with Crippen molar-refractivity contribution in [3.05, 3.63) is 35.3 Å². The molecule has 5 heteroatoms. The first kappa shape index (κ1) is 13.3. The Bertz CT molecular complexity index is 589. The minimum atomic E-state index is 0.0222. The van der Waals surface area contributed by atoms with E-state index in [1.807, 2.05) is 25.1 Å². The predicted molar refractivity (Wildman–Crippen MR) is 75.4 cm³/mol. The zero-order valence-electron chi connectivity index (χ0n) is 11.8. The van der Waals surface area contributed by atoms with Crippen molar-refractivity contribution in [2.45, 2.75) is 26.4 Å². The summed E-state index contributed by atoms with van der Waals surface area (Å²) in [7, 11) is 0. The number of ether oxygens (including phenoxy) is 1. The molecule has 1 fully saturated rings. The highest BCUT2D eigenvalue weighted by Crippen LogP contribution is 2.28. The van der Waals surface area contributed by atoms with Crippen LogP contribution in [0.15, 0.2) is 22.7 Å². The second kappa shape index (κ2) is 5.73. The summed E-state index contributed by atoms with van der Waals surface area (Å²) in [5.41, 5.74) is 3.76. The van der Waals surface area contributed by atoms with Gasteiger partial charge in [-0.25, -0.2) is 4.98 Å². The molecule has 2 aromatic rings. The molecule has 1 saturated heterocycles. The molecule has 0 amide bonds. The summed E-state index contributed by atoms with van der Waals surface area (Å²) in [4.78, 5) is 4.74. The fourth-order valence-electron chi connectivity index (χ4n) is 2.51. The number of morpholine rings is 1. The number of hydrogen-bond acceptors (Lipinski definition) is 5. The number of nitrogens with one attached hydrogen (secondary N) is 1. The highest BCUT2D eigenvalue weighted by Gasteiger charge is 2.20. The molecule has 3 rings (SSSR count). The van der Waals surface area contributed by atoms with Crippen molar-refractivity contribution in [3.63, 3.8) is 0 Å². The molecule has 0 aromatic carbocycles. The van der Waals surface area contributed by atoms with Gasteiger partial charge in [0.1, 0.15) is 11.9 Å². The highest BCUT2D eigenvalue weighted by molar-refractivity contribution is 5.64. The molecule has 1 aliphatic rings. The van der Waals surface area contributed by atoms with E-state index < -0.39 is 0 Å². The molecule has 0 bridgehead atoms. The summed E-state index contributed by atoms with van der Waals surface area (Å²) in [5.74, 6) is 0.884. The fourth-order valence-corrected chi connectivity index (χ4v) is 2.51. The highest BCUT2D eigenvalue weighted by atomic mass is 16.5. The molecule has 0 radical (unpaired) electrons. The number of rotatable bonds is 3. The van der Waals surface area contributed by atoms with Crippen LogP contribution >= 0.6 is 0 Å². The van der Waals surface area contributed by atoms with Crippen LogP contribution in [0.2, 0.25) is 0 Å². The lowest BCUT2D eigenvalue weighted by molar-refractivity contribution is 0.0251. The first-order valence-corrected chi connectivity index (χ1v) is 7.04. The van der Waals surface area contributed by atoms with Crippen molar-refractivity contribution in [2.24, 2.45) is 0 Å². The van der Waals surface area contributed by atoms with Gasteiger partial charge in [-0.1, -0.05) is 18.1 Å². The van der Waals surface area contributed by atoms with Gasteiger partial charge in [-0.3, -0.25) is 0 Å². The maximum atomic E-state index is 5.76. The number of hydrogen-bond donors (Lipinski definition) is 1. The Labute approximate surface area is 118 Å². The third kappa shape index (κ3) is 2.46. The van der Waals surface area contributed by atoms with Crippen molar-refractivity contribution >= 4 is 0 Å². The van der Waals surface area contributed by atoms with Gasteiger partial charge in [0.25, 0.3) is 0 Å². The molecule has 1 unspecified atom stereocenters. The third-order valence-electron chi connectivity index (χ3n) is 3.54. The summed E-state index contributed by atoms with van der Waals surface area (Å²) in [6.07, 6.45) is 0.831. The van der Waals surface area contributed by atoms with Gasteiger partial charge in [0.15, 0.2) is 0 Å². The zero-order chi connectivity index (χ0) is 13.9. The van der Waals surface area contributed by atoms with Crippen molar-refractivity contribution in [2.75, 3.05) is 19.7 Å². The summed E-state index contributed by atoms with van der Waals surface area (Å²) in [5, 5.41) is 7.37. The van der Waals surface area contributed by atoms with Crippen molar-refractivity contribution in [1.82, 2.24) is 15.5 Å². The van der Waals surface area contributed by atoms with Crippen LogP contribution < -0.4 is 5.32 Å². The monoisotopic (exact) mass is 273 g/mol. The molecule has 106 valence electrons. The van der Waals surface area contributed by atoms with Gasteiger partial charge in [0.05, 0.1) is 29.3 Å². The molecule has 3 heterocycles. The quantitative estimate of drug-likeness (QED) is 0.929. The molecule has 1 aliphatic heterocycles. The van der Waals surface area contributed by atoms with Crippen LogP contribution in [0, 0.1) is 6.92 Å². The Morgan fingerprint density at radius 3 is 3.05 bits per heavy atom. The Morgan fingerprint density at radius 2 is 2.30 bits per heavy atom. The second-order valence-electron chi connectivity index (χ2n) is 4.93. The minimum Gasteiger partial charge on any atom is -0.369 e. The molecule has 0 spiro atoms. The van der Waals surface area contributed by atoms with Crippen molar-refractivity contribution in [1.29, 1.82) is 0 Å². The van der Waals surface area contributed by atoms with Crippen LogP contribution in [0.4, 0.5) is 0 Å². The Kier molecular flexibility index (Phi) is 3.80.